The lowest BCUT2D eigenvalue weighted by Crippen LogP contribution is -2.36. The first kappa shape index (κ1) is 17.7. The van der Waals surface area contributed by atoms with Gasteiger partial charge < -0.3 is 4.74 Å². The van der Waals surface area contributed by atoms with E-state index >= 15 is 0 Å². The van der Waals surface area contributed by atoms with Crippen molar-refractivity contribution in [2.24, 2.45) is 5.92 Å². The van der Waals surface area contributed by atoms with Crippen LogP contribution in [0, 0.1) is 17.2 Å². The molecule has 3 aromatic heterocycles. The Bertz CT molecular complexity index is 1060. The summed E-state index contributed by atoms with van der Waals surface area (Å²) in [6.45, 7) is 6.22. The molecule has 0 saturated carbocycles. The van der Waals surface area contributed by atoms with Crippen LogP contribution >= 0.6 is 11.3 Å². The topological polar surface area (TPSA) is 92.8 Å². The monoisotopic (exact) mass is 395 g/mol. The molecule has 3 aromatic rings. The van der Waals surface area contributed by atoms with Gasteiger partial charge in [-0.1, -0.05) is 6.92 Å². The third-order valence-corrected chi connectivity index (χ3v) is 6.68. The number of thiophene rings is 1. The van der Waals surface area contributed by atoms with Gasteiger partial charge in [0.2, 0.25) is 5.82 Å². The Labute approximate surface area is 166 Å². The highest BCUT2D eigenvalue weighted by Gasteiger charge is 2.26. The zero-order valence-electron chi connectivity index (χ0n) is 15.8. The van der Waals surface area contributed by atoms with Crippen LogP contribution < -0.4 is 0 Å². The summed E-state index contributed by atoms with van der Waals surface area (Å²) in [5.41, 5.74) is 1.34. The molecule has 5 rings (SSSR count). The van der Waals surface area contributed by atoms with Crippen molar-refractivity contribution >= 4 is 21.6 Å². The fourth-order valence-corrected chi connectivity index (χ4v) is 5.43. The van der Waals surface area contributed by atoms with E-state index in [0.29, 0.717) is 12.5 Å². The van der Waals surface area contributed by atoms with E-state index in [2.05, 4.69) is 28.1 Å². The van der Waals surface area contributed by atoms with E-state index in [-0.39, 0.29) is 5.82 Å². The highest BCUT2D eigenvalue weighted by molar-refractivity contribution is 7.18. The minimum Gasteiger partial charge on any atom is -0.379 e. The summed E-state index contributed by atoms with van der Waals surface area (Å²) in [6.07, 6.45) is 4.86. The molecule has 1 aliphatic heterocycles. The van der Waals surface area contributed by atoms with Gasteiger partial charge in [-0.25, -0.2) is 9.97 Å². The van der Waals surface area contributed by atoms with E-state index < -0.39 is 0 Å². The predicted octanol–water partition coefficient (Wildman–Crippen LogP) is 2.10. The second-order valence-electron chi connectivity index (χ2n) is 7.52. The summed E-state index contributed by atoms with van der Waals surface area (Å²) in [6, 6.07) is 2.12. The van der Waals surface area contributed by atoms with Gasteiger partial charge in [0.25, 0.3) is 0 Å². The van der Waals surface area contributed by atoms with Crippen LogP contribution in [0.2, 0.25) is 0 Å². The smallest absolute Gasteiger partial charge is 0.240 e. The van der Waals surface area contributed by atoms with E-state index in [4.69, 9.17) is 14.7 Å². The number of hydrogen-bond donors (Lipinski definition) is 0. The molecule has 9 heteroatoms. The fourth-order valence-electron chi connectivity index (χ4n) is 4.04. The third-order valence-electron chi connectivity index (χ3n) is 5.53. The standard InChI is InChI=1S/C19H21N7OS/c1-12-2-3-13-14(8-12)28-19-17(13)18(26-11-21-24-16(26)9-20)22-15(23-19)10-25-4-6-27-7-5-25/h11-12H,2-8,10H2,1H3/t12-/m1/s1. The van der Waals surface area contributed by atoms with Crippen LogP contribution in [-0.4, -0.2) is 55.9 Å². The zero-order chi connectivity index (χ0) is 19.1. The summed E-state index contributed by atoms with van der Waals surface area (Å²) in [7, 11) is 0. The molecule has 8 nitrogen and oxygen atoms in total. The van der Waals surface area contributed by atoms with Gasteiger partial charge in [0.1, 0.15) is 23.1 Å². The highest BCUT2D eigenvalue weighted by atomic mass is 32.1. The molecule has 0 radical (unpaired) electrons. The molecule has 144 valence electrons. The van der Waals surface area contributed by atoms with Crippen LogP contribution in [0.4, 0.5) is 0 Å². The van der Waals surface area contributed by atoms with Crippen LogP contribution in [0.1, 0.15) is 35.4 Å². The number of aryl methyl sites for hydroxylation is 1. The lowest BCUT2D eigenvalue weighted by atomic mass is 9.89. The molecular formula is C19H21N7OS. The van der Waals surface area contributed by atoms with Gasteiger partial charge >= 0.3 is 0 Å². The summed E-state index contributed by atoms with van der Waals surface area (Å²) in [5, 5.41) is 18.4. The van der Waals surface area contributed by atoms with Crippen molar-refractivity contribution in [2.45, 2.75) is 32.7 Å². The quantitative estimate of drug-likeness (QED) is 0.670. The van der Waals surface area contributed by atoms with Crippen molar-refractivity contribution in [1.82, 2.24) is 29.6 Å². The van der Waals surface area contributed by atoms with E-state index in [0.717, 1.165) is 61.0 Å². The van der Waals surface area contributed by atoms with Crippen LogP contribution in [0.25, 0.3) is 16.0 Å². The second-order valence-corrected chi connectivity index (χ2v) is 8.60. The maximum atomic E-state index is 9.46. The van der Waals surface area contributed by atoms with Gasteiger partial charge in [0.15, 0.2) is 5.82 Å². The lowest BCUT2D eigenvalue weighted by molar-refractivity contribution is 0.0331. The zero-order valence-corrected chi connectivity index (χ0v) is 16.6. The highest BCUT2D eigenvalue weighted by Crippen LogP contribution is 2.39. The molecule has 4 heterocycles. The van der Waals surface area contributed by atoms with Crippen LogP contribution in [-0.2, 0) is 24.1 Å². The Balaban J connectivity index is 1.66. The van der Waals surface area contributed by atoms with Gasteiger partial charge in [-0.3, -0.25) is 9.47 Å². The summed E-state index contributed by atoms with van der Waals surface area (Å²) in [4.78, 5) is 14.5. The molecule has 0 unspecified atom stereocenters. The minimum absolute atomic E-state index is 0.251. The Kier molecular flexibility index (Phi) is 4.55. The van der Waals surface area contributed by atoms with Crippen molar-refractivity contribution in [2.75, 3.05) is 26.3 Å². The van der Waals surface area contributed by atoms with Gasteiger partial charge in [0.05, 0.1) is 25.1 Å². The first-order valence-corrected chi connectivity index (χ1v) is 10.5. The first-order chi connectivity index (χ1) is 13.7. The minimum atomic E-state index is 0.251. The number of fused-ring (bicyclic) bond motifs is 3. The molecular weight excluding hydrogens is 374 g/mol. The Morgan fingerprint density at radius 2 is 2.18 bits per heavy atom. The number of nitrogens with zero attached hydrogens (tertiary/aromatic N) is 7. The molecule has 1 atom stereocenters. The average Bonchev–Trinajstić information content (AvgIpc) is 3.31. The average molecular weight is 395 g/mol. The number of aromatic nitrogens is 5. The number of nitriles is 1. The van der Waals surface area contributed by atoms with Crippen molar-refractivity contribution in [3.63, 3.8) is 0 Å². The molecule has 1 aliphatic carbocycles. The fraction of sp³-hybridized carbons (Fsp3) is 0.526. The van der Waals surface area contributed by atoms with Gasteiger partial charge in [-0.2, -0.15) is 5.26 Å². The summed E-state index contributed by atoms with van der Waals surface area (Å²) in [5.74, 6) is 2.45. The molecule has 1 saturated heterocycles. The SMILES string of the molecule is C[C@@H]1CCc2c(sc3nc(CN4CCOCC4)nc(-n4cnnc4C#N)c23)C1. The summed E-state index contributed by atoms with van der Waals surface area (Å²) < 4.78 is 7.15. The van der Waals surface area contributed by atoms with Gasteiger partial charge in [0, 0.05) is 18.0 Å². The van der Waals surface area contributed by atoms with E-state index in [1.165, 1.54) is 16.9 Å². The Morgan fingerprint density at radius 3 is 3.00 bits per heavy atom. The van der Waals surface area contributed by atoms with Gasteiger partial charge in [-0.15, -0.1) is 21.5 Å². The summed E-state index contributed by atoms with van der Waals surface area (Å²) >= 11 is 1.77. The largest absolute Gasteiger partial charge is 0.379 e. The second kappa shape index (κ2) is 7.20. The van der Waals surface area contributed by atoms with Crippen LogP contribution in [0.3, 0.4) is 0 Å². The third kappa shape index (κ3) is 3.07. The number of ether oxygens (including phenoxy) is 1. The van der Waals surface area contributed by atoms with Crippen LogP contribution in [0.5, 0.6) is 0 Å². The molecule has 0 N–H and O–H groups in total. The maximum Gasteiger partial charge on any atom is 0.240 e. The molecule has 28 heavy (non-hydrogen) atoms. The van der Waals surface area contributed by atoms with E-state index in [1.807, 2.05) is 0 Å². The predicted molar refractivity (Wildman–Crippen MR) is 104 cm³/mol. The van der Waals surface area contributed by atoms with Gasteiger partial charge in [-0.05, 0) is 30.7 Å². The van der Waals surface area contributed by atoms with E-state index in [9.17, 15) is 5.26 Å². The van der Waals surface area contributed by atoms with Crippen molar-refractivity contribution < 1.29 is 4.74 Å². The normalized spacial score (nSPS) is 20.2. The number of hydrogen-bond acceptors (Lipinski definition) is 8. The first-order valence-electron chi connectivity index (χ1n) is 9.64. The molecule has 2 aliphatic rings. The van der Waals surface area contributed by atoms with Crippen molar-refractivity contribution in [3.8, 4) is 11.9 Å². The lowest BCUT2D eigenvalue weighted by Gasteiger charge is -2.25. The Hall–Kier alpha value is -2.41. The molecule has 0 spiro atoms. The molecule has 0 amide bonds. The molecule has 0 bridgehead atoms. The van der Waals surface area contributed by atoms with E-state index in [1.54, 1.807) is 22.2 Å². The van der Waals surface area contributed by atoms with Crippen LogP contribution in [0.15, 0.2) is 6.33 Å². The number of rotatable bonds is 3. The molecule has 1 fully saturated rings. The Morgan fingerprint density at radius 1 is 1.32 bits per heavy atom. The maximum absolute atomic E-state index is 9.46. The van der Waals surface area contributed by atoms with Crippen molar-refractivity contribution in [1.29, 1.82) is 5.26 Å². The van der Waals surface area contributed by atoms with Crippen molar-refractivity contribution in [3.05, 3.63) is 28.4 Å². The number of morpholine rings is 1. The molecule has 0 aromatic carbocycles.